The third kappa shape index (κ3) is 2.16. The Hall–Kier alpha value is -2.28. The Labute approximate surface area is 119 Å². The molecular formula is C13H10BN3O2S. The van der Waals surface area contributed by atoms with E-state index < -0.39 is 0 Å². The molecule has 0 saturated carbocycles. The van der Waals surface area contributed by atoms with E-state index in [1.54, 1.807) is 18.2 Å². The average molecular weight is 283 g/mol. The van der Waals surface area contributed by atoms with Crippen LogP contribution in [-0.2, 0) is 6.32 Å². The third-order valence-electron chi connectivity index (χ3n) is 3.04. The number of aromatic nitrogens is 2. The molecule has 98 valence electrons. The predicted molar refractivity (Wildman–Crippen MR) is 81.8 cm³/mol. The lowest BCUT2D eigenvalue weighted by Crippen LogP contribution is -1.90. The summed E-state index contributed by atoms with van der Waals surface area (Å²) in [6, 6.07) is 8.63. The van der Waals surface area contributed by atoms with Crippen molar-refractivity contribution in [3.8, 4) is 10.6 Å². The number of rotatable bonds is 3. The first kappa shape index (κ1) is 12.7. The third-order valence-corrected chi connectivity index (χ3v) is 4.06. The molecule has 0 N–H and O–H groups in total. The van der Waals surface area contributed by atoms with Crippen LogP contribution >= 0.6 is 11.3 Å². The highest BCUT2D eigenvalue weighted by atomic mass is 32.1. The van der Waals surface area contributed by atoms with E-state index in [0.29, 0.717) is 10.6 Å². The molecule has 3 aromatic rings. The van der Waals surface area contributed by atoms with Crippen molar-refractivity contribution in [1.29, 1.82) is 0 Å². The number of hydrogen-bond acceptors (Lipinski definition) is 5. The molecule has 7 heteroatoms. The molecule has 0 aliphatic carbocycles. The minimum absolute atomic E-state index is 0.0715. The van der Waals surface area contributed by atoms with Gasteiger partial charge in [0.1, 0.15) is 23.2 Å². The zero-order valence-electron chi connectivity index (χ0n) is 10.7. The lowest BCUT2D eigenvalue weighted by molar-refractivity contribution is -0.384. The molecule has 0 radical (unpaired) electrons. The van der Waals surface area contributed by atoms with E-state index in [0.717, 1.165) is 22.2 Å². The predicted octanol–water partition coefficient (Wildman–Crippen LogP) is 2.40. The minimum Gasteiger partial charge on any atom is -0.258 e. The summed E-state index contributed by atoms with van der Waals surface area (Å²) in [6.07, 6.45) is 2.71. The van der Waals surface area contributed by atoms with Gasteiger partial charge in [-0.2, -0.15) is 0 Å². The van der Waals surface area contributed by atoms with Gasteiger partial charge >= 0.3 is 0 Å². The Bertz CT molecular complexity index is 803. The maximum atomic E-state index is 11.1. The van der Waals surface area contributed by atoms with Gasteiger partial charge in [-0.05, 0) is 17.7 Å². The van der Waals surface area contributed by atoms with E-state index >= 15 is 0 Å². The Morgan fingerprint density at radius 1 is 1.35 bits per heavy atom. The summed E-state index contributed by atoms with van der Waals surface area (Å²) < 4.78 is 0. The molecule has 0 aliphatic rings. The summed E-state index contributed by atoms with van der Waals surface area (Å²) in [5.74, 6) is 0. The van der Waals surface area contributed by atoms with Crippen LogP contribution in [0.3, 0.4) is 0 Å². The quantitative estimate of drug-likeness (QED) is 0.420. The average Bonchev–Trinajstić information content (AvgIpc) is 2.89. The Morgan fingerprint density at radius 3 is 2.90 bits per heavy atom. The lowest BCUT2D eigenvalue weighted by atomic mass is 9.99. The molecule has 0 amide bonds. The van der Waals surface area contributed by atoms with Crippen LogP contribution in [0.15, 0.2) is 36.5 Å². The fraction of sp³-hybridized carbons (Fsp3) is 0.0769. The summed E-state index contributed by atoms with van der Waals surface area (Å²) in [7, 11) is 2.05. The van der Waals surface area contributed by atoms with Gasteiger partial charge in [-0.15, -0.1) is 0 Å². The van der Waals surface area contributed by atoms with E-state index in [1.807, 2.05) is 12.3 Å². The molecule has 0 spiro atoms. The van der Waals surface area contributed by atoms with Gasteiger partial charge in [-0.25, -0.2) is 9.97 Å². The second kappa shape index (κ2) is 5.01. The number of thiazole rings is 1. The molecule has 2 heterocycles. The van der Waals surface area contributed by atoms with Crippen molar-refractivity contribution in [3.63, 3.8) is 0 Å². The fourth-order valence-corrected chi connectivity index (χ4v) is 2.91. The number of pyridine rings is 1. The summed E-state index contributed by atoms with van der Waals surface area (Å²) in [5, 5.41) is 11.7. The van der Waals surface area contributed by atoms with E-state index in [-0.39, 0.29) is 10.6 Å². The van der Waals surface area contributed by atoms with Gasteiger partial charge in [0.25, 0.3) is 5.69 Å². The molecule has 5 nitrogen and oxygen atoms in total. The number of para-hydroxylation sites is 1. The first-order chi connectivity index (χ1) is 9.69. The van der Waals surface area contributed by atoms with Crippen LogP contribution in [-0.4, -0.2) is 22.7 Å². The largest absolute Gasteiger partial charge is 0.279 e. The number of fused-ring (bicyclic) bond motifs is 1. The van der Waals surface area contributed by atoms with E-state index in [2.05, 4.69) is 17.8 Å². The van der Waals surface area contributed by atoms with Crippen LogP contribution in [0.2, 0.25) is 0 Å². The molecule has 2 aromatic heterocycles. The van der Waals surface area contributed by atoms with Crippen LogP contribution in [0.25, 0.3) is 20.9 Å². The number of nitro benzene ring substituents is 1. The molecular weight excluding hydrogens is 273 g/mol. The zero-order valence-corrected chi connectivity index (χ0v) is 11.6. The molecule has 0 aliphatic heterocycles. The molecule has 0 fully saturated rings. The van der Waals surface area contributed by atoms with Gasteiger partial charge < -0.3 is 0 Å². The van der Waals surface area contributed by atoms with Crippen molar-refractivity contribution in [2.75, 3.05) is 0 Å². The first-order valence-corrected chi connectivity index (χ1v) is 7.00. The van der Waals surface area contributed by atoms with E-state index in [4.69, 9.17) is 0 Å². The molecule has 0 bridgehead atoms. The summed E-state index contributed by atoms with van der Waals surface area (Å²) in [6.45, 7) is 0. The maximum absolute atomic E-state index is 11.1. The van der Waals surface area contributed by atoms with Crippen LogP contribution in [0.4, 0.5) is 5.69 Å². The second-order valence-corrected chi connectivity index (χ2v) is 5.29. The highest BCUT2D eigenvalue weighted by Crippen LogP contribution is 2.34. The summed E-state index contributed by atoms with van der Waals surface area (Å²) in [4.78, 5) is 20.3. The monoisotopic (exact) mass is 283 g/mol. The van der Waals surface area contributed by atoms with Crippen LogP contribution in [0, 0.1) is 10.1 Å². The van der Waals surface area contributed by atoms with Crippen LogP contribution < -0.4 is 0 Å². The SMILES string of the molecule is BCc1cnc2sc(-c3ccccc3[N+](=O)[O-])nc2c1. The highest BCUT2D eigenvalue weighted by molar-refractivity contribution is 7.21. The number of nitro groups is 1. The Morgan fingerprint density at radius 2 is 2.15 bits per heavy atom. The molecule has 0 saturated heterocycles. The lowest BCUT2D eigenvalue weighted by Gasteiger charge is -1.97. The van der Waals surface area contributed by atoms with Gasteiger partial charge in [0.15, 0.2) is 0 Å². The topological polar surface area (TPSA) is 68.9 Å². The zero-order chi connectivity index (χ0) is 14.1. The van der Waals surface area contributed by atoms with E-state index in [1.165, 1.54) is 17.4 Å². The standard InChI is InChI=1S/C13H10BN3O2S/c14-6-8-5-10-13(15-7-8)20-12(16-10)9-3-1-2-4-11(9)17(18)19/h1-5,7H,6,14H2. The number of hydrogen-bond donors (Lipinski definition) is 0. The van der Waals surface area contributed by atoms with Gasteiger partial charge in [-0.1, -0.05) is 29.8 Å². The number of benzene rings is 1. The Kier molecular flexibility index (Phi) is 3.19. The van der Waals surface area contributed by atoms with Crippen molar-refractivity contribution in [2.24, 2.45) is 0 Å². The number of nitrogens with zero attached hydrogens (tertiary/aromatic N) is 3. The van der Waals surface area contributed by atoms with Gasteiger partial charge in [0.2, 0.25) is 0 Å². The van der Waals surface area contributed by atoms with E-state index in [9.17, 15) is 10.1 Å². The summed E-state index contributed by atoms with van der Waals surface area (Å²) in [5.41, 5.74) is 2.51. The fourth-order valence-electron chi connectivity index (χ4n) is 1.99. The minimum atomic E-state index is -0.383. The van der Waals surface area contributed by atoms with Crippen LogP contribution in [0.5, 0.6) is 0 Å². The first-order valence-electron chi connectivity index (χ1n) is 6.18. The molecule has 0 atom stereocenters. The normalized spacial score (nSPS) is 10.8. The second-order valence-electron chi connectivity index (χ2n) is 4.31. The smallest absolute Gasteiger partial charge is 0.258 e. The van der Waals surface area contributed by atoms with Crippen molar-refractivity contribution < 1.29 is 4.92 Å². The van der Waals surface area contributed by atoms with Crippen LogP contribution in [0.1, 0.15) is 5.56 Å². The van der Waals surface area contributed by atoms with Crippen molar-refractivity contribution in [1.82, 2.24) is 9.97 Å². The maximum Gasteiger partial charge on any atom is 0.279 e. The van der Waals surface area contributed by atoms with Gasteiger partial charge in [-0.3, -0.25) is 10.1 Å². The van der Waals surface area contributed by atoms with Gasteiger partial charge in [0.05, 0.1) is 10.5 Å². The highest BCUT2D eigenvalue weighted by Gasteiger charge is 2.17. The molecule has 1 aromatic carbocycles. The Balaban J connectivity index is 2.18. The van der Waals surface area contributed by atoms with Crippen molar-refractivity contribution in [3.05, 3.63) is 52.2 Å². The molecule has 0 unspecified atom stereocenters. The van der Waals surface area contributed by atoms with Crippen molar-refractivity contribution in [2.45, 2.75) is 6.32 Å². The summed E-state index contributed by atoms with van der Waals surface area (Å²) >= 11 is 1.37. The van der Waals surface area contributed by atoms with Crippen molar-refractivity contribution >= 4 is 35.2 Å². The molecule has 3 rings (SSSR count). The van der Waals surface area contributed by atoms with Gasteiger partial charge in [0, 0.05) is 12.3 Å². The molecule has 20 heavy (non-hydrogen) atoms.